The van der Waals surface area contributed by atoms with Gasteiger partial charge in [-0.3, -0.25) is 0 Å². The number of rotatable bonds is 3. The first kappa shape index (κ1) is 13.9. The van der Waals surface area contributed by atoms with Crippen molar-refractivity contribution in [2.75, 3.05) is 5.73 Å². The van der Waals surface area contributed by atoms with E-state index in [1.54, 1.807) is 0 Å². The van der Waals surface area contributed by atoms with Crippen LogP contribution in [-0.2, 0) is 0 Å². The van der Waals surface area contributed by atoms with Gasteiger partial charge >= 0.3 is 0 Å². The van der Waals surface area contributed by atoms with Gasteiger partial charge in [0.25, 0.3) is 0 Å². The number of azo groups is 1. The molecule has 6 heteroatoms. The number of halogens is 1. The quantitative estimate of drug-likeness (QED) is 0.621. The van der Waals surface area contributed by atoms with Gasteiger partial charge in [-0.25, -0.2) is 4.98 Å². The van der Waals surface area contributed by atoms with Crippen LogP contribution < -0.4 is 5.73 Å². The van der Waals surface area contributed by atoms with Crippen molar-refractivity contribution >= 4 is 43.1 Å². The summed E-state index contributed by atoms with van der Waals surface area (Å²) in [5.74, 6) is 0. The number of benzene rings is 2. The van der Waals surface area contributed by atoms with E-state index in [0.29, 0.717) is 10.1 Å². The molecule has 0 unspecified atom stereocenters. The van der Waals surface area contributed by atoms with Gasteiger partial charge in [0.15, 0.2) is 10.1 Å². The Morgan fingerprint density at radius 3 is 2.38 bits per heavy atom. The number of hydrogen-bond acceptors (Lipinski definition) is 5. The zero-order valence-corrected chi connectivity index (χ0v) is 13.3. The Labute approximate surface area is 134 Å². The largest absolute Gasteiger partial charge is 0.375 e. The van der Waals surface area contributed by atoms with Crippen molar-refractivity contribution in [2.45, 2.75) is 0 Å². The van der Waals surface area contributed by atoms with E-state index in [-0.39, 0.29) is 0 Å². The van der Waals surface area contributed by atoms with Crippen molar-refractivity contribution in [3.05, 3.63) is 59.1 Å². The molecule has 0 saturated heterocycles. The maximum Gasteiger partial charge on any atom is 0.182 e. The van der Waals surface area contributed by atoms with E-state index in [9.17, 15) is 0 Å². The Hall–Kier alpha value is -2.05. The summed E-state index contributed by atoms with van der Waals surface area (Å²) in [5.41, 5.74) is 8.33. The number of anilines is 1. The standard InChI is InChI=1S/C15H11BrN4S/c16-11-6-8-12(9-7-11)19-20-14-13(18-15(17)21-14)10-4-2-1-3-5-10/h1-9H,(H2,17,18). The molecule has 3 aromatic rings. The van der Waals surface area contributed by atoms with Crippen molar-refractivity contribution < 1.29 is 0 Å². The molecular formula is C15H11BrN4S. The molecule has 0 radical (unpaired) electrons. The predicted molar refractivity (Wildman–Crippen MR) is 90.3 cm³/mol. The van der Waals surface area contributed by atoms with Crippen LogP contribution in [0.25, 0.3) is 11.3 Å². The molecule has 4 nitrogen and oxygen atoms in total. The first-order valence-electron chi connectivity index (χ1n) is 6.21. The molecule has 1 aromatic heterocycles. The Balaban J connectivity index is 1.94. The number of thiazole rings is 1. The van der Waals surface area contributed by atoms with Crippen LogP contribution in [-0.4, -0.2) is 4.98 Å². The van der Waals surface area contributed by atoms with Crippen LogP contribution in [0.3, 0.4) is 0 Å². The maximum absolute atomic E-state index is 5.81. The minimum atomic E-state index is 0.485. The summed E-state index contributed by atoms with van der Waals surface area (Å²) in [6.07, 6.45) is 0. The monoisotopic (exact) mass is 358 g/mol. The molecule has 0 aliphatic heterocycles. The van der Waals surface area contributed by atoms with Crippen LogP contribution in [0.1, 0.15) is 0 Å². The topological polar surface area (TPSA) is 63.6 Å². The van der Waals surface area contributed by atoms with Gasteiger partial charge in [0.1, 0.15) is 5.69 Å². The normalized spacial score (nSPS) is 11.1. The van der Waals surface area contributed by atoms with Crippen LogP contribution in [0.4, 0.5) is 15.8 Å². The summed E-state index contributed by atoms with van der Waals surface area (Å²) in [4.78, 5) is 4.34. The van der Waals surface area contributed by atoms with E-state index in [1.807, 2.05) is 54.6 Å². The average molecular weight is 359 g/mol. The summed E-state index contributed by atoms with van der Waals surface area (Å²) >= 11 is 4.72. The van der Waals surface area contributed by atoms with E-state index in [4.69, 9.17) is 5.73 Å². The van der Waals surface area contributed by atoms with Crippen molar-refractivity contribution in [3.8, 4) is 11.3 Å². The zero-order valence-electron chi connectivity index (χ0n) is 10.9. The van der Waals surface area contributed by atoms with Gasteiger partial charge in [-0.15, -0.1) is 10.2 Å². The summed E-state index contributed by atoms with van der Waals surface area (Å²) in [5, 5.41) is 9.72. The van der Waals surface area contributed by atoms with E-state index in [0.717, 1.165) is 21.4 Å². The van der Waals surface area contributed by atoms with Gasteiger partial charge in [0.2, 0.25) is 0 Å². The van der Waals surface area contributed by atoms with E-state index >= 15 is 0 Å². The van der Waals surface area contributed by atoms with Gasteiger partial charge in [-0.1, -0.05) is 57.6 Å². The second kappa shape index (κ2) is 6.15. The molecule has 0 amide bonds. The highest BCUT2D eigenvalue weighted by atomic mass is 79.9. The Bertz CT molecular complexity index is 766. The second-order valence-corrected chi connectivity index (χ2v) is 6.17. The molecular weight excluding hydrogens is 348 g/mol. The lowest BCUT2D eigenvalue weighted by molar-refractivity contribution is 1.24. The first-order chi connectivity index (χ1) is 10.2. The fourth-order valence-corrected chi connectivity index (χ4v) is 2.73. The summed E-state index contributed by atoms with van der Waals surface area (Å²) in [7, 11) is 0. The molecule has 0 bridgehead atoms. The minimum absolute atomic E-state index is 0.485. The summed E-state index contributed by atoms with van der Waals surface area (Å²) in [6, 6.07) is 17.5. The lowest BCUT2D eigenvalue weighted by Crippen LogP contribution is -1.82. The van der Waals surface area contributed by atoms with E-state index < -0.39 is 0 Å². The summed E-state index contributed by atoms with van der Waals surface area (Å²) in [6.45, 7) is 0. The number of nitrogens with two attached hydrogens (primary N) is 1. The highest BCUT2D eigenvalue weighted by Crippen LogP contribution is 2.37. The average Bonchev–Trinajstić information content (AvgIpc) is 2.89. The molecule has 21 heavy (non-hydrogen) atoms. The zero-order chi connectivity index (χ0) is 14.7. The SMILES string of the molecule is Nc1nc(-c2ccccc2)c(N=Nc2ccc(Br)cc2)s1. The molecule has 3 rings (SSSR count). The fourth-order valence-electron chi connectivity index (χ4n) is 1.79. The van der Waals surface area contributed by atoms with Crippen LogP contribution in [0, 0.1) is 0 Å². The Morgan fingerprint density at radius 1 is 0.952 bits per heavy atom. The smallest absolute Gasteiger partial charge is 0.182 e. The minimum Gasteiger partial charge on any atom is -0.375 e. The third kappa shape index (κ3) is 3.34. The van der Waals surface area contributed by atoms with Crippen molar-refractivity contribution in [1.29, 1.82) is 0 Å². The number of hydrogen-bond donors (Lipinski definition) is 1. The van der Waals surface area contributed by atoms with Crippen molar-refractivity contribution in [3.63, 3.8) is 0 Å². The Morgan fingerprint density at radius 2 is 1.67 bits per heavy atom. The van der Waals surface area contributed by atoms with Crippen LogP contribution in [0.5, 0.6) is 0 Å². The lowest BCUT2D eigenvalue weighted by Gasteiger charge is -1.97. The molecule has 0 saturated carbocycles. The predicted octanol–water partition coefficient (Wildman–Crippen LogP) is 5.57. The van der Waals surface area contributed by atoms with Crippen LogP contribution >= 0.6 is 27.3 Å². The second-order valence-electron chi connectivity index (χ2n) is 4.25. The molecule has 0 fully saturated rings. The van der Waals surface area contributed by atoms with Gasteiger partial charge < -0.3 is 5.73 Å². The number of aromatic nitrogens is 1. The highest BCUT2D eigenvalue weighted by Gasteiger charge is 2.11. The first-order valence-corrected chi connectivity index (χ1v) is 7.82. The molecule has 2 aromatic carbocycles. The third-order valence-electron chi connectivity index (χ3n) is 2.76. The van der Waals surface area contributed by atoms with Gasteiger partial charge in [-0.2, -0.15) is 0 Å². The molecule has 0 aliphatic carbocycles. The van der Waals surface area contributed by atoms with Crippen molar-refractivity contribution in [1.82, 2.24) is 4.98 Å². The molecule has 0 spiro atoms. The third-order valence-corrected chi connectivity index (χ3v) is 4.05. The molecule has 2 N–H and O–H groups in total. The highest BCUT2D eigenvalue weighted by molar-refractivity contribution is 9.10. The van der Waals surface area contributed by atoms with Gasteiger partial charge in [0.05, 0.1) is 5.69 Å². The Kier molecular flexibility index (Phi) is 4.08. The molecule has 0 atom stereocenters. The van der Waals surface area contributed by atoms with Gasteiger partial charge in [-0.05, 0) is 24.3 Å². The number of nitrogens with zero attached hydrogens (tertiary/aromatic N) is 3. The summed E-state index contributed by atoms with van der Waals surface area (Å²) < 4.78 is 1.01. The maximum atomic E-state index is 5.81. The molecule has 1 heterocycles. The molecule has 104 valence electrons. The fraction of sp³-hybridized carbons (Fsp3) is 0. The van der Waals surface area contributed by atoms with Crippen LogP contribution in [0.15, 0.2) is 69.3 Å². The molecule has 0 aliphatic rings. The van der Waals surface area contributed by atoms with E-state index in [2.05, 4.69) is 31.1 Å². The van der Waals surface area contributed by atoms with E-state index in [1.165, 1.54) is 11.3 Å². The van der Waals surface area contributed by atoms with Gasteiger partial charge in [0, 0.05) is 10.0 Å². The van der Waals surface area contributed by atoms with Crippen LogP contribution in [0.2, 0.25) is 0 Å². The van der Waals surface area contributed by atoms with Crippen molar-refractivity contribution in [2.24, 2.45) is 10.2 Å². The number of nitrogen functional groups attached to an aromatic ring is 1. The lowest BCUT2D eigenvalue weighted by atomic mass is 10.2.